The summed E-state index contributed by atoms with van der Waals surface area (Å²) >= 11 is -1.42. The summed E-state index contributed by atoms with van der Waals surface area (Å²) < 4.78 is 303. The normalized spacial score (nSPS) is 30.4. The molecule has 0 amide bonds. The molecule has 22 atom stereocenters. The van der Waals surface area contributed by atoms with Crippen molar-refractivity contribution in [3.8, 4) is 44.5 Å². The number of thioether (sulfide) groups is 4. The highest BCUT2D eigenvalue weighted by atomic mass is 32.2. The third-order valence-electron chi connectivity index (χ3n) is 20.8. The van der Waals surface area contributed by atoms with E-state index < -0.39 is 373 Å². The molecule has 0 spiro atoms. The van der Waals surface area contributed by atoms with Crippen LogP contribution < -0.4 is 0 Å². The Balaban J connectivity index is 1.11. The summed E-state index contributed by atoms with van der Waals surface area (Å²) in [6, 6.07) is 1.28. The Bertz CT molecular complexity index is 4810. The van der Waals surface area contributed by atoms with Gasteiger partial charge in [0.2, 0.25) is 0 Å². The van der Waals surface area contributed by atoms with Crippen molar-refractivity contribution in [2.75, 3.05) is 46.6 Å². The zero-order chi connectivity index (χ0) is 84.0. The van der Waals surface area contributed by atoms with E-state index in [1.165, 1.54) is 11.9 Å². The Morgan fingerprint density at radius 3 is 0.750 bits per heavy atom. The van der Waals surface area contributed by atoms with Crippen LogP contribution in [0.2, 0.25) is 0 Å². The summed E-state index contributed by atoms with van der Waals surface area (Å²) in [5.74, 6) is -42.1. The number of hydrogen-bond donors (Lipinski definition) is 18. The molecule has 18 N–H and O–H groups in total. The van der Waals surface area contributed by atoms with Gasteiger partial charge < -0.3 is 116 Å². The standard InChI is InChI=1S/C71H61F16N5O20S4/c1-92-8-14-15(9-92)51-29(33-40(78)48(86)67(49(87)41(33)79)116-71-63(108)59(104)55(100)25(13-96)112-71)21-7-5-19(90-21)27(31-36(74)44(82)65(45(83)37(31)75)114-69-61(106)57(102)53(98)23(11-94)110-69)17-3-2-16(88-17)26(30-34(72)42(80)64(43(81)35(30)73)113-68-60(105)56(101)52(97)22(10-93)109-68)18-4-6-20(89-18)28(50(14)91-51)32-38(76)46(84)66(47(85)39(32)77)115-70-62(107)58(103)54(99)24(12-95)111-70/h2-7,14-15,22-25,52-63,68-71,88,91,93-108H,8-13H2,1H3/t14-,15+,22-,23-,24-,25-,52-,53-,54-,55-,56+,57+,58+,59+,60+,61+,62+,63+,68+,69+,70+,71+/m1/s1. The fourth-order valence-electron chi connectivity index (χ4n) is 14.8. The van der Waals surface area contributed by atoms with Crippen molar-refractivity contribution in [1.29, 1.82) is 0 Å². The van der Waals surface area contributed by atoms with E-state index in [9.17, 15) is 81.7 Å². The molecule has 0 radical (unpaired) electrons. The molecule has 5 fully saturated rings. The number of benzene rings is 4. The number of hydrogen-bond acceptors (Lipinski definition) is 27. The Morgan fingerprint density at radius 1 is 0.310 bits per heavy atom. The first-order chi connectivity index (χ1) is 54.9. The van der Waals surface area contributed by atoms with Gasteiger partial charge in [-0.1, -0.05) is 47.0 Å². The van der Waals surface area contributed by atoms with Crippen molar-refractivity contribution in [3.63, 3.8) is 0 Å². The molecular formula is C71H61F16N5O20S4. The first kappa shape index (κ1) is 85.6. The lowest BCUT2D eigenvalue weighted by Gasteiger charge is -2.39. The van der Waals surface area contributed by atoms with Crippen LogP contribution >= 0.6 is 47.0 Å². The summed E-state index contributed by atoms with van der Waals surface area (Å²) in [5, 5.41) is 167. The number of nitrogens with zero attached hydrogens (tertiary/aromatic N) is 3. The van der Waals surface area contributed by atoms with E-state index in [0.717, 1.165) is 0 Å². The molecule has 25 nitrogen and oxygen atoms in total. The van der Waals surface area contributed by atoms with E-state index in [1.54, 1.807) is 0 Å². The third-order valence-corrected chi connectivity index (χ3v) is 25.7. The molecule has 2 aromatic heterocycles. The van der Waals surface area contributed by atoms with E-state index in [0.29, 0.717) is 36.4 Å². The zero-order valence-corrected chi connectivity index (χ0v) is 61.5. The zero-order valence-electron chi connectivity index (χ0n) is 58.2. The number of rotatable bonds is 16. The monoisotopic (exact) mass is 1740 g/mol. The fourth-order valence-corrected chi connectivity index (χ4v) is 19.3. The second-order valence-electron chi connectivity index (χ2n) is 27.7. The summed E-state index contributed by atoms with van der Waals surface area (Å²) in [6.07, 6.45) is -31.5. The molecule has 626 valence electrons. The number of likely N-dealkylation sites (N-methyl/N-ethyl adjacent to an activating group) is 1. The first-order valence-corrected chi connectivity index (χ1v) is 38.0. The summed E-state index contributed by atoms with van der Waals surface area (Å²) in [5.41, 5.74) is -29.3. The second kappa shape index (κ2) is 33.0. The Morgan fingerprint density at radius 2 is 0.526 bits per heavy atom. The quantitative estimate of drug-likeness (QED) is 0.0462. The van der Waals surface area contributed by atoms with Crippen molar-refractivity contribution in [1.82, 2.24) is 24.8 Å². The highest BCUT2D eigenvalue weighted by molar-refractivity contribution is 8.00. The predicted molar refractivity (Wildman–Crippen MR) is 373 cm³/mol. The van der Waals surface area contributed by atoms with E-state index in [4.69, 9.17) is 18.9 Å². The van der Waals surface area contributed by atoms with Crippen LogP contribution in [-0.2, 0) is 18.9 Å². The molecule has 0 aliphatic carbocycles. The average Bonchev–Trinajstić information content (AvgIpc) is 1.55. The Kier molecular flexibility index (Phi) is 24.3. The van der Waals surface area contributed by atoms with Crippen LogP contribution in [-0.4, -0.2) is 273 Å². The third kappa shape index (κ3) is 14.2. The van der Waals surface area contributed by atoms with Gasteiger partial charge in [-0.05, 0) is 43.5 Å². The number of nitrogens with one attached hydrogen (secondary N) is 2. The molecule has 8 bridgehead atoms. The molecule has 5 saturated heterocycles. The van der Waals surface area contributed by atoms with Gasteiger partial charge in [0.05, 0.1) is 91.0 Å². The van der Waals surface area contributed by atoms with Gasteiger partial charge in [0.25, 0.3) is 0 Å². The number of H-pyrrole nitrogens is 2. The SMILES string of the molecule is CN1C[C@@H]2c3[nH]c(c(-c4c(F)c(F)c(S[C@@H]5O[C@H](CO)[C@@H](O)[C@H](O)[C@@H]5O)c(F)c4F)c4nc(c(-c5c(F)c(F)c(S[C@@H]6O[C@H](CO)[C@@H](O)[C@H](O)[C@@H]6O)c(F)c5F)c5ccc([nH]5)c(-c5c(F)c(F)c(S[C@@H]6O[C@H](CO)[C@@H](O)[C@H](O)[C@@H]6O)c(F)c5F)c5nc(c3-c3c(F)c(F)c(S[C@@H]6O[C@H](CO)[C@@H](O)[C@H](O)[C@@H]6O)c(F)c3F)C=C5)C=C4)[C@@H]2C1. The lowest BCUT2D eigenvalue weighted by Crippen LogP contribution is -2.57. The van der Waals surface area contributed by atoms with Gasteiger partial charge in [-0.3, -0.25) is 0 Å². The van der Waals surface area contributed by atoms with Crippen LogP contribution in [0.1, 0.15) is 46.0 Å². The molecule has 8 aliphatic heterocycles. The Hall–Kier alpha value is -6.82. The van der Waals surface area contributed by atoms with Gasteiger partial charge >= 0.3 is 0 Å². The molecule has 14 rings (SSSR count). The van der Waals surface area contributed by atoms with E-state index in [2.05, 4.69) is 19.9 Å². The molecule has 0 unspecified atom stereocenters. The van der Waals surface area contributed by atoms with Crippen molar-refractivity contribution in [2.45, 2.75) is 151 Å². The molecular weight excluding hydrogens is 1680 g/mol. The number of aromatic amines is 2. The molecule has 4 aromatic carbocycles. The minimum Gasteiger partial charge on any atom is -0.394 e. The van der Waals surface area contributed by atoms with Gasteiger partial charge in [-0.15, -0.1) is 0 Å². The van der Waals surface area contributed by atoms with E-state index in [-0.39, 0.29) is 47.0 Å². The fraction of sp³-hybridized carbons (Fsp3) is 0.408. The van der Waals surface area contributed by atoms with Crippen molar-refractivity contribution in [2.24, 2.45) is 0 Å². The van der Waals surface area contributed by atoms with Crippen LogP contribution in [0.5, 0.6) is 0 Å². The number of halogens is 16. The maximum absolute atomic E-state index is 18.0. The topological polar surface area (TPSA) is 421 Å². The molecule has 10 heterocycles. The van der Waals surface area contributed by atoms with Crippen LogP contribution in [0.4, 0.5) is 70.2 Å². The molecule has 6 aromatic rings. The number of ether oxygens (including phenoxy) is 4. The minimum atomic E-state index is -2.47. The molecule has 45 heteroatoms. The number of aliphatic hydroxyl groups is 16. The number of aromatic nitrogens is 4. The van der Waals surface area contributed by atoms with Gasteiger partial charge in [-0.25, -0.2) is 80.2 Å². The lowest BCUT2D eigenvalue weighted by molar-refractivity contribution is -0.205. The van der Waals surface area contributed by atoms with E-state index in [1.807, 2.05) is 0 Å². The smallest absolute Gasteiger partial charge is 0.176 e. The van der Waals surface area contributed by atoms with Gasteiger partial charge in [0.1, 0.15) is 119 Å². The summed E-state index contributed by atoms with van der Waals surface area (Å²) in [4.78, 5) is 8.35. The number of fused-ring (bicyclic) bond motifs is 11. The lowest BCUT2D eigenvalue weighted by atomic mass is 9.86. The highest BCUT2D eigenvalue weighted by Gasteiger charge is 2.52. The van der Waals surface area contributed by atoms with Crippen LogP contribution in [0.25, 0.3) is 79.8 Å². The van der Waals surface area contributed by atoms with Crippen LogP contribution in [0.15, 0.2) is 31.7 Å². The van der Waals surface area contributed by atoms with Gasteiger partial charge in [0.15, 0.2) is 93.1 Å². The number of likely N-dealkylation sites (tertiary alicyclic amines) is 1. The maximum atomic E-state index is 18.0. The number of aliphatic hydroxyl groups excluding tert-OH is 16. The summed E-state index contributed by atoms with van der Waals surface area (Å²) in [7, 11) is 1.32. The molecule has 116 heavy (non-hydrogen) atoms. The first-order valence-electron chi connectivity index (χ1n) is 34.4. The van der Waals surface area contributed by atoms with Crippen LogP contribution in [0, 0.1) is 93.1 Å². The van der Waals surface area contributed by atoms with Crippen molar-refractivity contribution in [3.05, 3.63) is 139 Å². The minimum absolute atomic E-state index is 0.348. The van der Waals surface area contributed by atoms with Gasteiger partial charge in [0, 0.05) is 69.6 Å². The largest absolute Gasteiger partial charge is 0.394 e. The predicted octanol–water partition coefficient (Wildman–Crippen LogP) is 4.65. The average molecular weight is 1740 g/mol. The molecule has 0 saturated carbocycles. The second-order valence-corrected chi connectivity index (χ2v) is 32.1. The molecule has 8 aliphatic rings. The Labute approximate surface area is 656 Å². The summed E-state index contributed by atoms with van der Waals surface area (Å²) in [6.45, 7) is -5.53. The maximum Gasteiger partial charge on any atom is 0.176 e. The van der Waals surface area contributed by atoms with Crippen LogP contribution in [0.3, 0.4) is 0 Å². The van der Waals surface area contributed by atoms with Crippen molar-refractivity contribution >= 4 is 82.4 Å². The van der Waals surface area contributed by atoms with Gasteiger partial charge in [-0.2, -0.15) is 0 Å². The van der Waals surface area contributed by atoms with Crippen molar-refractivity contribution < 1.29 is 171 Å². The van der Waals surface area contributed by atoms with E-state index >= 15 is 70.2 Å². The highest BCUT2D eigenvalue weighted by Crippen LogP contribution is 2.55.